The van der Waals surface area contributed by atoms with Gasteiger partial charge in [-0.25, -0.2) is 4.98 Å². The Morgan fingerprint density at radius 1 is 0.938 bits per heavy atom. The summed E-state index contributed by atoms with van der Waals surface area (Å²) in [5, 5.41) is 1.10. The van der Waals surface area contributed by atoms with Crippen molar-refractivity contribution < 1.29 is 9.59 Å². The summed E-state index contributed by atoms with van der Waals surface area (Å²) in [7, 11) is 0. The number of carbonyl (C=O) groups is 2. The first-order chi connectivity index (χ1) is 15.4. The molecule has 7 nitrogen and oxygen atoms in total. The first kappa shape index (κ1) is 21.3. The highest BCUT2D eigenvalue weighted by molar-refractivity contribution is 6.30. The Morgan fingerprint density at radius 3 is 2.34 bits per heavy atom. The van der Waals surface area contributed by atoms with Gasteiger partial charge in [0.15, 0.2) is 0 Å². The zero-order chi connectivity index (χ0) is 22.7. The molecule has 0 unspecified atom stereocenters. The van der Waals surface area contributed by atoms with Crippen LogP contribution in [0.2, 0.25) is 5.02 Å². The van der Waals surface area contributed by atoms with Crippen LogP contribution in [-0.4, -0.2) is 21.4 Å². The van der Waals surface area contributed by atoms with E-state index in [0.29, 0.717) is 33.0 Å². The summed E-state index contributed by atoms with van der Waals surface area (Å²) in [5.74, 6) is -0.288. The van der Waals surface area contributed by atoms with Crippen molar-refractivity contribution in [1.82, 2.24) is 20.4 Å². The van der Waals surface area contributed by atoms with Crippen molar-refractivity contribution in [2.45, 2.75) is 13.3 Å². The van der Waals surface area contributed by atoms with Gasteiger partial charge in [-0.15, -0.1) is 0 Å². The summed E-state index contributed by atoms with van der Waals surface area (Å²) in [6.07, 6.45) is 0.105. The summed E-state index contributed by atoms with van der Waals surface area (Å²) in [6.45, 7) is 1.75. The van der Waals surface area contributed by atoms with Gasteiger partial charge in [-0.2, -0.15) is 0 Å². The molecule has 0 bridgehead atoms. The van der Waals surface area contributed by atoms with Gasteiger partial charge in [0.2, 0.25) is 5.91 Å². The number of hydrogen-bond acceptors (Lipinski definition) is 4. The summed E-state index contributed by atoms with van der Waals surface area (Å²) in [4.78, 5) is 41.8. The Kier molecular flexibility index (Phi) is 6.00. The smallest absolute Gasteiger partial charge is 0.269 e. The Bertz CT molecular complexity index is 1360. The number of halogens is 1. The second-order valence-corrected chi connectivity index (χ2v) is 7.61. The van der Waals surface area contributed by atoms with Crippen LogP contribution in [0.15, 0.2) is 77.6 Å². The van der Waals surface area contributed by atoms with E-state index in [4.69, 9.17) is 11.6 Å². The zero-order valence-corrected chi connectivity index (χ0v) is 17.9. The lowest BCUT2D eigenvalue weighted by Gasteiger charge is -2.12. The molecular weight excluding hydrogens is 428 g/mol. The van der Waals surface area contributed by atoms with Crippen LogP contribution in [0, 0.1) is 6.92 Å². The third-order valence-corrected chi connectivity index (χ3v) is 5.18. The topological polar surface area (TPSA) is 93.1 Å². The van der Waals surface area contributed by atoms with Crippen molar-refractivity contribution in [2.75, 3.05) is 0 Å². The normalized spacial score (nSPS) is 10.7. The van der Waals surface area contributed by atoms with Crippen LogP contribution >= 0.6 is 11.6 Å². The summed E-state index contributed by atoms with van der Waals surface area (Å²) >= 11 is 5.83. The average molecular weight is 447 g/mol. The molecule has 0 aliphatic carbocycles. The molecule has 1 heterocycles. The highest BCUT2D eigenvalue weighted by atomic mass is 35.5. The fourth-order valence-corrected chi connectivity index (χ4v) is 3.47. The fourth-order valence-electron chi connectivity index (χ4n) is 3.34. The molecule has 2 N–H and O–H groups in total. The standard InChI is InChI=1S/C24H19ClN4O3/c1-15-26-21-5-3-2-4-20(21)24(32)29(15)19-12-8-17(9-13-19)23(31)28-27-22(30)14-16-6-10-18(25)11-7-16/h2-13H,14H2,1H3,(H,27,30)(H,28,31). The maximum atomic E-state index is 12.9. The second kappa shape index (κ2) is 9.03. The number of fused-ring (bicyclic) bond motifs is 1. The van der Waals surface area contributed by atoms with Crippen LogP contribution < -0.4 is 16.4 Å². The van der Waals surface area contributed by atoms with E-state index in [1.807, 2.05) is 6.07 Å². The molecule has 4 aromatic rings. The van der Waals surface area contributed by atoms with Gasteiger partial charge < -0.3 is 0 Å². The molecule has 32 heavy (non-hydrogen) atoms. The van der Waals surface area contributed by atoms with Crippen LogP contribution in [0.1, 0.15) is 21.7 Å². The van der Waals surface area contributed by atoms with Crippen molar-refractivity contribution in [3.8, 4) is 5.69 Å². The zero-order valence-electron chi connectivity index (χ0n) is 17.1. The Labute approximate surface area is 188 Å². The molecule has 1 aromatic heterocycles. The third kappa shape index (κ3) is 4.53. The van der Waals surface area contributed by atoms with Gasteiger partial charge in [0.25, 0.3) is 11.5 Å². The summed E-state index contributed by atoms with van der Waals surface area (Å²) < 4.78 is 1.50. The van der Waals surface area contributed by atoms with E-state index in [2.05, 4.69) is 15.8 Å². The van der Waals surface area contributed by atoms with Crippen molar-refractivity contribution in [2.24, 2.45) is 0 Å². The van der Waals surface area contributed by atoms with Gasteiger partial charge in [-0.3, -0.25) is 29.8 Å². The monoisotopic (exact) mass is 446 g/mol. The minimum absolute atomic E-state index is 0.105. The minimum atomic E-state index is -0.471. The number of aromatic nitrogens is 2. The molecular formula is C24H19ClN4O3. The van der Waals surface area contributed by atoms with E-state index in [1.165, 1.54) is 4.57 Å². The quantitative estimate of drug-likeness (QED) is 0.470. The number of nitrogens with zero attached hydrogens (tertiary/aromatic N) is 2. The van der Waals surface area contributed by atoms with Crippen LogP contribution in [0.3, 0.4) is 0 Å². The van der Waals surface area contributed by atoms with E-state index in [-0.39, 0.29) is 17.9 Å². The molecule has 160 valence electrons. The van der Waals surface area contributed by atoms with Gasteiger partial charge in [0.1, 0.15) is 5.82 Å². The van der Waals surface area contributed by atoms with Crippen LogP contribution in [0.25, 0.3) is 16.6 Å². The number of benzene rings is 3. The second-order valence-electron chi connectivity index (χ2n) is 7.17. The molecule has 0 radical (unpaired) electrons. The third-order valence-electron chi connectivity index (χ3n) is 4.92. The minimum Gasteiger partial charge on any atom is -0.273 e. The molecule has 0 saturated heterocycles. The Hall–Kier alpha value is -3.97. The molecule has 0 aliphatic rings. The molecule has 0 aliphatic heterocycles. The lowest BCUT2D eigenvalue weighted by atomic mass is 10.1. The molecule has 3 aromatic carbocycles. The van der Waals surface area contributed by atoms with Crippen molar-refractivity contribution >= 4 is 34.3 Å². The number of carbonyl (C=O) groups excluding carboxylic acids is 2. The number of hydrogen-bond donors (Lipinski definition) is 2. The van der Waals surface area contributed by atoms with Gasteiger partial charge in [-0.1, -0.05) is 35.9 Å². The van der Waals surface area contributed by atoms with Gasteiger partial charge in [0, 0.05) is 10.6 Å². The number of hydrazine groups is 1. The molecule has 8 heteroatoms. The van der Waals surface area contributed by atoms with E-state index >= 15 is 0 Å². The van der Waals surface area contributed by atoms with Gasteiger partial charge in [0.05, 0.1) is 23.0 Å². The number of para-hydroxylation sites is 1. The van der Waals surface area contributed by atoms with Crippen molar-refractivity contribution in [3.63, 3.8) is 0 Å². The lowest BCUT2D eigenvalue weighted by molar-refractivity contribution is -0.121. The molecule has 0 atom stereocenters. The molecule has 0 fully saturated rings. The van der Waals surface area contributed by atoms with E-state index in [1.54, 1.807) is 73.7 Å². The van der Waals surface area contributed by atoms with Gasteiger partial charge in [-0.05, 0) is 61.0 Å². The Morgan fingerprint density at radius 2 is 1.62 bits per heavy atom. The number of amides is 2. The Balaban J connectivity index is 1.45. The van der Waals surface area contributed by atoms with Crippen molar-refractivity contribution in [1.29, 1.82) is 0 Å². The average Bonchev–Trinajstić information content (AvgIpc) is 2.79. The lowest BCUT2D eigenvalue weighted by Crippen LogP contribution is -2.42. The van der Waals surface area contributed by atoms with Gasteiger partial charge >= 0.3 is 0 Å². The van der Waals surface area contributed by atoms with E-state index < -0.39 is 5.91 Å². The summed E-state index contributed by atoms with van der Waals surface area (Å²) in [5.41, 5.74) is 6.94. The fraction of sp³-hybridized carbons (Fsp3) is 0.0833. The SMILES string of the molecule is Cc1nc2ccccc2c(=O)n1-c1ccc(C(=O)NNC(=O)Cc2ccc(Cl)cc2)cc1. The highest BCUT2D eigenvalue weighted by Crippen LogP contribution is 2.14. The van der Waals surface area contributed by atoms with Crippen molar-refractivity contribution in [3.05, 3.63) is 105 Å². The van der Waals surface area contributed by atoms with E-state index in [9.17, 15) is 14.4 Å². The first-order valence-electron chi connectivity index (χ1n) is 9.85. The van der Waals surface area contributed by atoms with E-state index in [0.717, 1.165) is 5.56 Å². The predicted molar refractivity (Wildman–Crippen MR) is 123 cm³/mol. The molecule has 0 spiro atoms. The van der Waals surface area contributed by atoms with Crippen LogP contribution in [0.5, 0.6) is 0 Å². The maximum Gasteiger partial charge on any atom is 0.269 e. The number of aryl methyl sites for hydroxylation is 1. The first-order valence-corrected chi connectivity index (χ1v) is 10.2. The highest BCUT2D eigenvalue weighted by Gasteiger charge is 2.12. The maximum absolute atomic E-state index is 12.9. The predicted octanol–water partition coefficient (Wildman–Crippen LogP) is 3.35. The molecule has 4 rings (SSSR count). The van der Waals surface area contributed by atoms with Crippen LogP contribution in [-0.2, 0) is 11.2 Å². The van der Waals surface area contributed by atoms with Crippen LogP contribution in [0.4, 0.5) is 0 Å². The number of rotatable bonds is 4. The number of nitrogens with one attached hydrogen (secondary N) is 2. The molecule has 2 amide bonds. The molecule has 0 saturated carbocycles. The summed E-state index contributed by atoms with van der Waals surface area (Å²) in [6, 6.07) is 20.5. The largest absolute Gasteiger partial charge is 0.273 e.